The number of nitrogens with one attached hydrogen (secondary N) is 1. The van der Waals surface area contributed by atoms with Crippen LogP contribution in [0.25, 0.3) is 11.3 Å². The summed E-state index contributed by atoms with van der Waals surface area (Å²) < 4.78 is 5.45. The first-order chi connectivity index (χ1) is 13.8. The van der Waals surface area contributed by atoms with E-state index < -0.39 is 0 Å². The molecule has 144 valence electrons. The van der Waals surface area contributed by atoms with Gasteiger partial charge in [0.2, 0.25) is 11.9 Å². The van der Waals surface area contributed by atoms with Gasteiger partial charge in [-0.25, -0.2) is 15.0 Å². The van der Waals surface area contributed by atoms with Gasteiger partial charge in [0.1, 0.15) is 5.82 Å². The van der Waals surface area contributed by atoms with Gasteiger partial charge in [-0.2, -0.15) is 4.98 Å². The molecular formula is C20H23N7O. The fraction of sp³-hybridized carbons (Fsp3) is 0.300. The predicted molar refractivity (Wildman–Crippen MR) is 109 cm³/mol. The number of hydrogen-bond acceptors (Lipinski definition) is 8. The van der Waals surface area contributed by atoms with Gasteiger partial charge in [-0.1, -0.05) is 30.3 Å². The molecule has 0 unspecified atom stereocenters. The molecule has 3 heterocycles. The maximum atomic E-state index is 5.61. The largest absolute Gasteiger partial charge is 0.378 e. The second-order valence-corrected chi connectivity index (χ2v) is 6.53. The summed E-state index contributed by atoms with van der Waals surface area (Å²) in [6, 6.07) is 12.3. The molecule has 4 rings (SSSR count). The van der Waals surface area contributed by atoms with Crippen LogP contribution in [-0.2, 0) is 11.2 Å². The SMILES string of the molecule is Nc1ncc(-c2cc(NCCc3ccccc3)nc(N3CCOCC3)n2)cn1. The van der Waals surface area contributed by atoms with E-state index in [2.05, 4.69) is 44.5 Å². The molecule has 0 spiro atoms. The molecule has 8 heteroatoms. The summed E-state index contributed by atoms with van der Waals surface area (Å²) in [6.45, 7) is 3.67. The summed E-state index contributed by atoms with van der Waals surface area (Å²) in [5.74, 6) is 1.70. The number of nitrogen functional groups attached to an aromatic ring is 1. The Hall–Kier alpha value is -3.26. The second-order valence-electron chi connectivity index (χ2n) is 6.53. The molecule has 0 bridgehead atoms. The maximum Gasteiger partial charge on any atom is 0.228 e. The van der Waals surface area contributed by atoms with Crippen molar-refractivity contribution in [2.75, 3.05) is 48.8 Å². The van der Waals surface area contributed by atoms with E-state index in [1.165, 1.54) is 5.56 Å². The van der Waals surface area contributed by atoms with Crippen LogP contribution in [-0.4, -0.2) is 52.8 Å². The quantitative estimate of drug-likeness (QED) is 0.673. The van der Waals surface area contributed by atoms with Gasteiger partial charge in [0.25, 0.3) is 0 Å². The number of morpholine rings is 1. The lowest BCUT2D eigenvalue weighted by atomic mass is 10.1. The Morgan fingerprint density at radius 3 is 2.54 bits per heavy atom. The smallest absolute Gasteiger partial charge is 0.228 e. The van der Waals surface area contributed by atoms with Crippen molar-refractivity contribution < 1.29 is 4.74 Å². The van der Waals surface area contributed by atoms with E-state index in [1.54, 1.807) is 12.4 Å². The minimum Gasteiger partial charge on any atom is -0.378 e. The van der Waals surface area contributed by atoms with Crippen LogP contribution in [0.3, 0.4) is 0 Å². The van der Waals surface area contributed by atoms with Crippen molar-refractivity contribution >= 4 is 17.7 Å². The number of nitrogens with zero attached hydrogens (tertiary/aromatic N) is 5. The lowest BCUT2D eigenvalue weighted by molar-refractivity contribution is 0.122. The predicted octanol–water partition coefficient (Wildman–Crippen LogP) is 2.01. The highest BCUT2D eigenvalue weighted by Crippen LogP contribution is 2.23. The van der Waals surface area contributed by atoms with Crippen LogP contribution < -0.4 is 16.0 Å². The van der Waals surface area contributed by atoms with Crippen molar-refractivity contribution in [3.8, 4) is 11.3 Å². The van der Waals surface area contributed by atoms with Crippen LogP contribution in [0.5, 0.6) is 0 Å². The van der Waals surface area contributed by atoms with Crippen molar-refractivity contribution in [3.05, 3.63) is 54.4 Å². The number of anilines is 3. The van der Waals surface area contributed by atoms with E-state index in [0.717, 1.165) is 43.1 Å². The van der Waals surface area contributed by atoms with Crippen LogP contribution in [0, 0.1) is 0 Å². The third kappa shape index (κ3) is 4.52. The fourth-order valence-electron chi connectivity index (χ4n) is 3.03. The van der Waals surface area contributed by atoms with Gasteiger partial charge in [-0.15, -0.1) is 0 Å². The first kappa shape index (κ1) is 18.1. The molecule has 0 radical (unpaired) electrons. The molecule has 1 fully saturated rings. The Kier molecular flexibility index (Phi) is 5.58. The average Bonchev–Trinajstić information content (AvgIpc) is 2.75. The van der Waals surface area contributed by atoms with E-state index in [-0.39, 0.29) is 5.95 Å². The molecule has 0 aliphatic carbocycles. The zero-order valence-corrected chi connectivity index (χ0v) is 15.6. The lowest BCUT2D eigenvalue weighted by Gasteiger charge is -2.27. The minimum absolute atomic E-state index is 0.243. The molecule has 8 nitrogen and oxygen atoms in total. The molecule has 28 heavy (non-hydrogen) atoms. The highest BCUT2D eigenvalue weighted by atomic mass is 16.5. The van der Waals surface area contributed by atoms with E-state index in [0.29, 0.717) is 19.2 Å². The van der Waals surface area contributed by atoms with Crippen LogP contribution in [0.2, 0.25) is 0 Å². The van der Waals surface area contributed by atoms with Gasteiger partial charge in [0.15, 0.2) is 0 Å². The molecule has 0 atom stereocenters. The summed E-state index contributed by atoms with van der Waals surface area (Å²) in [5.41, 5.74) is 8.46. The van der Waals surface area contributed by atoms with Crippen LogP contribution in [0.4, 0.5) is 17.7 Å². The fourth-order valence-corrected chi connectivity index (χ4v) is 3.03. The van der Waals surface area contributed by atoms with Gasteiger partial charge < -0.3 is 20.7 Å². The Bertz CT molecular complexity index is 896. The van der Waals surface area contributed by atoms with Crippen molar-refractivity contribution in [3.63, 3.8) is 0 Å². The zero-order valence-electron chi connectivity index (χ0n) is 15.6. The van der Waals surface area contributed by atoms with Gasteiger partial charge in [-0.05, 0) is 12.0 Å². The molecule has 1 aliphatic rings. The topological polar surface area (TPSA) is 102 Å². The highest BCUT2D eigenvalue weighted by molar-refractivity contribution is 5.63. The Morgan fingerprint density at radius 2 is 1.79 bits per heavy atom. The summed E-state index contributed by atoms with van der Waals surface area (Å²) in [5, 5.41) is 3.42. The van der Waals surface area contributed by atoms with Crippen molar-refractivity contribution in [1.82, 2.24) is 19.9 Å². The summed E-state index contributed by atoms with van der Waals surface area (Å²) >= 11 is 0. The molecule has 1 aliphatic heterocycles. The maximum absolute atomic E-state index is 5.61. The number of rotatable bonds is 6. The van der Waals surface area contributed by atoms with Gasteiger partial charge >= 0.3 is 0 Å². The Balaban J connectivity index is 1.56. The molecule has 1 saturated heterocycles. The number of aromatic nitrogens is 4. The second kappa shape index (κ2) is 8.62. The summed E-state index contributed by atoms with van der Waals surface area (Å²) in [4.78, 5) is 19.7. The number of hydrogen-bond donors (Lipinski definition) is 2. The van der Waals surface area contributed by atoms with E-state index in [1.807, 2.05) is 12.1 Å². The Morgan fingerprint density at radius 1 is 1.04 bits per heavy atom. The van der Waals surface area contributed by atoms with E-state index in [9.17, 15) is 0 Å². The monoisotopic (exact) mass is 377 g/mol. The van der Waals surface area contributed by atoms with Crippen molar-refractivity contribution in [1.29, 1.82) is 0 Å². The standard InChI is InChI=1S/C20H23N7O/c21-19-23-13-16(14-24-19)17-12-18(22-7-6-15-4-2-1-3-5-15)26-20(25-17)27-8-10-28-11-9-27/h1-5,12-14H,6-11H2,(H2,21,23,24)(H,22,25,26). The van der Waals surface area contributed by atoms with Crippen LogP contribution in [0.15, 0.2) is 48.8 Å². The minimum atomic E-state index is 0.243. The molecule has 1 aromatic carbocycles. The van der Waals surface area contributed by atoms with Crippen molar-refractivity contribution in [2.24, 2.45) is 0 Å². The average molecular weight is 377 g/mol. The molecule has 3 aromatic rings. The normalized spacial score (nSPS) is 14.1. The molecule has 0 amide bonds. The third-order valence-corrected chi connectivity index (χ3v) is 4.54. The third-order valence-electron chi connectivity index (χ3n) is 4.54. The molecule has 2 aromatic heterocycles. The number of benzene rings is 1. The van der Waals surface area contributed by atoms with Crippen LogP contribution in [0.1, 0.15) is 5.56 Å². The number of nitrogens with two attached hydrogens (primary N) is 1. The molecular weight excluding hydrogens is 354 g/mol. The van der Waals surface area contributed by atoms with Crippen LogP contribution >= 0.6 is 0 Å². The van der Waals surface area contributed by atoms with E-state index in [4.69, 9.17) is 20.4 Å². The van der Waals surface area contributed by atoms with E-state index >= 15 is 0 Å². The first-order valence-corrected chi connectivity index (χ1v) is 9.35. The van der Waals surface area contributed by atoms with Crippen molar-refractivity contribution in [2.45, 2.75) is 6.42 Å². The first-order valence-electron chi connectivity index (χ1n) is 9.35. The highest BCUT2D eigenvalue weighted by Gasteiger charge is 2.16. The van der Waals surface area contributed by atoms with Gasteiger partial charge in [-0.3, -0.25) is 0 Å². The summed E-state index contributed by atoms with van der Waals surface area (Å²) in [7, 11) is 0. The molecule has 0 saturated carbocycles. The Labute approximate surface area is 163 Å². The zero-order chi connectivity index (χ0) is 19.2. The summed E-state index contributed by atoms with van der Waals surface area (Å²) in [6.07, 6.45) is 4.28. The van der Waals surface area contributed by atoms with Gasteiger partial charge in [0.05, 0.1) is 18.9 Å². The molecule has 3 N–H and O–H groups in total. The lowest BCUT2D eigenvalue weighted by Crippen LogP contribution is -2.37. The number of ether oxygens (including phenoxy) is 1. The van der Waals surface area contributed by atoms with Gasteiger partial charge in [0, 0.05) is 43.7 Å².